The number of hydrogen-bond donors (Lipinski definition) is 16. The van der Waals surface area contributed by atoms with Crippen molar-refractivity contribution in [2.24, 2.45) is 34.6 Å². The Morgan fingerprint density at radius 1 is 0.651 bits per heavy atom. The van der Waals surface area contributed by atoms with Crippen molar-refractivity contribution in [2.45, 2.75) is 107 Å². The summed E-state index contributed by atoms with van der Waals surface area (Å²) in [4.78, 5) is 122. The number of benzene rings is 1. The Morgan fingerprint density at radius 2 is 1.11 bits per heavy atom. The van der Waals surface area contributed by atoms with Crippen LogP contribution in [0, 0.1) is 5.92 Å². The van der Waals surface area contributed by atoms with Crippen LogP contribution in [0.2, 0.25) is 0 Å². The van der Waals surface area contributed by atoms with Crippen LogP contribution in [0.1, 0.15) is 39.7 Å². The minimum Gasteiger partial charge on any atom is -0.391 e. The molecule has 9 amide bonds. The average molecular weight is 893 g/mol. The summed E-state index contributed by atoms with van der Waals surface area (Å²) in [7, 11) is 0. The molecule has 0 saturated carbocycles. The Hall–Kier alpha value is -5.83. The van der Waals surface area contributed by atoms with Gasteiger partial charge in [0.15, 0.2) is 0 Å². The Kier molecular flexibility index (Phi) is 22.0. The van der Waals surface area contributed by atoms with Gasteiger partial charge in [-0.3, -0.25) is 43.2 Å². The standard InChI is InChI=1S/C38H64N14O11/c1-17(2)10-21-30(55)47-24(13-40)33(58)48-26(15-42)35(60)52-29(19(4)54)38(63)44-16-27(51-34(59)25(14-41)50-37(62)28(43)18(3)53)36(61)49-23(12-39)32(57)46-22(31(56)45-21)11-20-8-6-5-7-9-20/h5-9,17-19,21-29,53-54H,10-16,39-43H2,1-4H3,(H,44,63)(H,45,56)(H,46,57)(H,47,55)(H,48,58)(H,49,61)(H,50,62)(H,51,59)(H,52,60)/t18-,19-,21?,22-,23?,24?,25+,26+,27+,28+,29+/m1/s1. The van der Waals surface area contributed by atoms with Gasteiger partial charge in [0, 0.05) is 39.1 Å². The van der Waals surface area contributed by atoms with Crippen molar-refractivity contribution in [1.82, 2.24) is 47.9 Å². The van der Waals surface area contributed by atoms with Crippen LogP contribution in [0.5, 0.6) is 0 Å². The minimum absolute atomic E-state index is 0.0513. The van der Waals surface area contributed by atoms with Crippen molar-refractivity contribution in [3.8, 4) is 0 Å². The van der Waals surface area contributed by atoms with Crippen LogP contribution in [0.15, 0.2) is 30.3 Å². The highest BCUT2D eigenvalue weighted by atomic mass is 16.3. The maximum absolute atomic E-state index is 14.0. The Labute approximate surface area is 364 Å². The molecule has 0 spiro atoms. The van der Waals surface area contributed by atoms with Gasteiger partial charge < -0.3 is 86.7 Å². The van der Waals surface area contributed by atoms with Gasteiger partial charge in [0.25, 0.3) is 0 Å². The van der Waals surface area contributed by atoms with Crippen LogP contribution in [0.4, 0.5) is 0 Å². The quantitative estimate of drug-likeness (QED) is 0.0825. The highest BCUT2D eigenvalue weighted by molar-refractivity contribution is 5.99. The third kappa shape index (κ3) is 16.8. The molecule has 0 aliphatic carbocycles. The second kappa shape index (κ2) is 25.9. The van der Waals surface area contributed by atoms with Crippen molar-refractivity contribution in [1.29, 1.82) is 0 Å². The zero-order valence-corrected chi connectivity index (χ0v) is 35.7. The van der Waals surface area contributed by atoms with Crippen LogP contribution < -0.4 is 76.5 Å². The Bertz CT molecular complexity index is 1750. The number of rotatable bonds is 14. The highest BCUT2D eigenvalue weighted by Crippen LogP contribution is 2.09. The monoisotopic (exact) mass is 892 g/mol. The van der Waals surface area contributed by atoms with Crippen molar-refractivity contribution in [3.63, 3.8) is 0 Å². The lowest BCUT2D eigenvalue weighted by molar-refractivity contribution is -0.136. The van der Waals surface area contributed by atoms with E-state index < -0.39 is 152 Å². The summed E-state index contributed by atoms with van der Waals surface area (Å²) in [5.74, 6) is -9.14. The number of carbonyl (C=O) groups is 9. The highest BCUT2D eigenvalue weighted by Gasteiger charge is 2.36. The van der Waals surface area contributed by atoms with E-state index in [1.54, 1.807) is 44.2 Å². The van der Waals surface area contributed by atoms with Crippen molar-refractivity contribution < 1.29 is 53.4 Å². The number of carbonyl (C=O) groups excluding carboxylic acids is 9. The number of aliphatic hydroxyl groups is 2. The smallest absolute Gasteiger partial charge is 0.245 e. The first-order valence-corrected chi connectivity index (χ1v) is 20.3. The molecular weight excluding hydrogens is 829 g/mol. The van der Waals surface area contributed by atoms with E-state index in [1.807, 2.05) is 0 Å². The predicted molar refractivity (Wildman–Crippen MR) is 226 cm³/mol. The van der Waals surface area contributed by atoms with Crippen LogP contribution >= 0.6 is 0 Å². The van der Waals surface area contributed by atoms with Crippen LogP contribution in [-0.2, 0) is 49.6 Å². The summed E-state index contributed by atoms with van der Waals surface area (Å²) in [6.45, 7) is 3.03. The van der Waals surface area contributed by atoms with Gasteiger partial charge in [0.1, 0.15) is 54.4 Å². The summed E-state index contributed by atoms with van der Waals surface area (Å²) in [5, 5.41) is 41.8. The fraction of sp³-hybridized carbons (Fsp3) is 0.605. The fourth-order valence-corrected chi connectivity index (χ4v) is 5.99. The fourth-order valence-electron chi connectivity index (χ4n) is 5.99. The first-order valence-electron chi connectivity index (χ1n) is 20.3. The zero-order chi connectivity index (χ0) is 47.6. The van der Waals surface area contributed by atoms with Crippen LogP contribution in [-0.4, -0.2) is 163 Å². The molecule has 352 valence electrons. The molecule has 25 heteroatoms. The lowest BCUT2D eigenvalue weighted by Gasteiger charge is -2.29. The topological polar surface area (TPSA) is 432 Å². The average Bonchev–Trinajstić information content (AvgIpc) is 3.24. The van der Waals surface area contributed by atoms with Gasteiger partial charge in [-0.2, -0.15) is 0 Å². The van der Waals surface area contributed by atoms with E-state index in [1.165, 1.54) is 6.92 Å². The van der Waals surface area contributed by atoms with E-state index in [4.69, 9.17) is 28.7 Å². The summed E-state index contributed by atoms with van der Waals surface area (Å²) in [5.41, 5.74) is 29.6. The number of hydrogen-bond acceptors (Lipinski definition) is 16. The summed E-state index contributed by atoms with van der Waals surface area (Å²) in [6, 6.07) is -5.35. The zero-order valence-electron chi connectivity index (χ0n) is 35.7. The molecule has 0 aromatic heterocycles. The van der Waals surface area contributed by atoms with Gasteiger partial charge in [-0.1, -0.05) is 44.2 Å². The molecule has 1 heterocycles. The molecule has 1 aliphatic heterocycles. The Balaban J connectivity index is 2.68. The molecule has 21 N–H and O–H groups in total. The third-order valence-electron chi connectivity index (χ3n) is 9.73. The SMILES string of the molecule is CC(C)CC1NC(=O)[C@@H](Cc2ccccc2)NC(=O)C(CN)NC(=O)[C@@H](NC(=O)[C@H](CN)NC(=O)[C@@H](N)[C@@H](C)O)CNC(=O)[C@H]([C@@H](C)O)NC(=O)[C@H](CN)NC(=O)C(CN)NC1=O. The van der Waals surface area contributed by atoms with Gasteiger partial charge in [-0.25, -0.2) is 0 Å². The number of nitrogens with one attached hydrogen (secondary N) is 9. The molecular formula is C38H64N14O11. The van der Waals surface area contributed by atoms with E-state index >= 15 is 0 Å². The molecule has 11 atom stereocenters. The molecule has 3 unspecified atom stereocenters. The molecule has 1 aromatic rings. The molecule has 1 saturated heterocycles. The van der Waals surface area contributed by atoms with Crippen molar-refractivity contribution >= 4 is 53.2 Å². The van der Waals surface area contributed by atoms with Crippen LogP contribution in [0.3, 0.4) is 0 Å². The molecule has 1 aliphatic rings. The van der Waals surface area contributed by atoms with Gasteiger partial charge in [-0.05, 0) is 31.7 Å². The molecule has 1 fully saturated rings. The Morgan fingerprint density at radius 3 is 1.59 bits per heavy atom. The lowest BCUT2D eigenvalue weighted by atomic mass is 10.0. The largest absolute Gasteiger partial charge is 0.391 e. The molecule has 1 aromatic carbocycles. The summed E-state index contributed by atoms with van der Waals surface area (Å²) >= 11 is 0. The second-order valence-electron chi connectivity index (χ2n) is 15.4. The molecule has 63 heavy (non-hydrogen) atoms. The molecule has 25 nitrogen and oxygen atoms in total. The molecule has 0 bridgehead atoms. The maximum Gasteiger partial charge on any atom is 0.245 e. The number of amides is 9. The predicted octanol–water partition coefficient (Wildman–Crippen LogP) is -8.79. The normalized spacial score (nSPS) is 25.7. The summed E-state index contributed by atoms with van der Waals surface area (Å²) in [6.07, 6.45) is -2.99. The maximum atomic E-state index is 14.0. The van der Waals surface area contributed by atoms with E-state index in [0.717, 1.165) is 6.92 Å². The van der Waals surface area contributed by atoms with Gasteiger partial charge in [0.05, 0.1) is 12.2 Å². The summed E-state index contributed by atoms with van der Waals surface area (Å²) < 4.78 is 0. The second-order valence-corrected chi connectivity index (χ2v) is 15.4. The third-order valence-corrected chi connectivity index (χ3v) is 9.73. The molecule has 2 rings (SSSR count). The van der Waals surface area contributed by atoms with E-state index in [-0.39, 0.29) is 18.8 Å². The van der Waals surface area contributed by atoms with E-state index in [2.05, 4.69) is 47.9 Å². The number of aliphatic hydroxyl groups excluding tert-OH is 2. The van der Waals surface area contributed by atoms with E-state index in [0.29, 0.717) is 5.56 Å². The lowest BCUT2D eigenvalue weighted by Crippen LogP contribution is -2.65. The van der Waals surface area contributed by atoms with Crippen molar-refractivity contribution in [3.05, 3.63) is 35.9 Å². The van der Waals surface area contributed by atoms with Gasteiger partial charge >= 0.3 is 0 Å². The first-order chi connectivity index (χ1) is 29.7. The van der Waals surface area contributed by atoms with E-state index in [9.17, 15) is 53.4 Å². The van der Waals surface area contributed by atoms with Gasteiger partial charge in [0.2, 0.25) is 53.2 Å². The number of nitrogens with two attached hydrogens (primary N) is 5. The first kappa shape index (κ1) is 53.3. The minimum atomic E-state index is -1.79. The van der Waals surface area contributed by atoms with Gasteiger partial charge in [-0.15, -0.1) is 0 Å². The molecule has 0 radical (unpaired) electrons. The van der Waals surface area contributed by atoms with Crippen LogP contribution in [0.25, 0.3) is 0 Å². The van der Waals surface area contributed by atoms with Crippen molar-refractivity contribution in [2.75, 3.05) is 32.7 Å².